The number of aryl methyl sites for hydroxylation is 1. The number of fused-ring (bicyclic) bond motifs is 3. The van der Waals surface area contributed by atoms with E-state index in [1.807, 2.05) is 0 Å². The van der Waals surface area contributed by atoms with Gasteiger partial charge in [0.1, 0.15) is 0 Å². The fourth-order valence-electron chi connectivity index (χ4n) is 10.4. The summed E-state index contributed by atoms with van der Waals surface area (Å²) >= 11 is 4.39. The first kappa shape index (κ1) is 50.6. The van der Waals surface area contributed by atoms with Crippen LogP contribution in [0.3, 0.4) is 0 Å². The standard InChI is InChI=1S/C68H74BrN3/c1-45-40-61(71(52-36-30-48(31-37-52)66(8,9)10)53-21-18-20-49(42-53)67(11,12)13)63(69)62(41-45)72(56-38-39-58-57-24-16-17-25-59(57)68(14,15)60(58)44-56)55-23-19-22-54(43-55)70(50-32-26-46(27-33-50)64(2,3)4)51-34-28-47(29-35-51)65(5,6)7/h16-44H,1-15H3. The second-order valence-electron chi connectivity index (χ2n) is 24.7. The molecule has 0 bridgehead atoms. The van der Waals surface area contributed by atoms with E-state index in [1.165, 1.54) is 44.5 Å². The van der Waals surface area contributed by atoms with Crippen molar-refractivity contribution >= 4 is 67.1 Å². The van der Waals surface area contributed by atoms with Gasteiger partial charge in [-0.1, -0.05) is 182 Å². The van der Waals surface area contributed by atoms with Crippen LogP contribution in [0.5, 0.6) is 0 Å². The molecule has 0 saturated carbocycles. The zero-order valence-electron chi connectivity index (χ0n) is 45.5. The molecule has 0 saturated heterocycles. The molecule has 4 heteroatoms. The van der Waals surface area contributed by atoms with Crippen LogP contribution in [-0.2, 0) is 27.1 Å². The summed E-state index contributed by atoms with van der Waals surface area (Å²) in [5.41, 5.74) is 21.3. The van der Waals surface area contributed by atoms with E-state index < -0.39 is 0 Å². The molecule has 3 nitrogen and oxygen atoms in total. The molecular formula is C68H74BrN3. The normalized spacial score (nSPS) is 13.4. The molecule has 0 radical (unpaired) electrons. The average Bonchev–Trinajstić information content (AvgIpc) is 3.55. The molecule has 0 atom stereocenters. The fraction of sp³-hybridized carbons (Fsp3) is 0.294. The predicted octanol–water partition coefficient (Wildman–Crippen LogP) is 20.7. The van der Waals surface area contributed by atoms with E-state index >= 15 is 0 Å². The molecule has 8 aromatic carbocycles. The van der Waals surface area contributed by atoms with Gasteiger partial charge in [-0.05, 0) is 186 Å². The van der Waals surface area contributed by atoms with Crippen molar-refractivity contribution in [1.29, 1.82) is 0 Å². The van der Waals surface area contributed by atoms with E-state index in [0.29, 0.717) is 0 Å². The third-order valence-electron chi connectivity index (χ3n) is 14.8. The van der Waals surface area contributed by atoms with E-state index in [-0.39, 0.29) is 27.1 Å². The predicted molar refractivity (Wildman–Crippen MR) is 315 cm³/mol. The van der Waals surface area contributed by atoms with Crippen LogP contribution in [0.25, 0.3) is 11.1 Å². The van der Waals surface area contributed by atoms with Crippen molar-refractivity contribution in [3.8, 4) is 11.1 Å². The molecule has 0 fully saturated rings. The summed E-state index contributed by atoms with van der Waals surface area (Å²) in [6, 6.07) is 66.3. The van der Waals surface area contributed by atoms with Gasteiger partial charge >= 0.3 is 0 Å². The van der Waals surface area contributed by atoms with Gasteiger partial charge in [0.15, 0.2) is 0 Å². The smallest absolute Gasteiger partial charge is 0.0657 e. The van der Waals surface area contributed by atoms with Crippen molar-refractivity contribution in [3.05, 3.63) is 219 Å². The van der Waals surface area contributed by atoms with Crippen molar-refractivity contribution in [2.75, 3.05) is 14.7 Å². The first-order valence-corrected chi connectivity index (χ1v) is 26.6. The van der Waals surface area contributed by atoms with Crippen LogP contribution in [0.15, 0.2) is 180 Å². The minimum absolute atomic E-state index is 0.0226. The van der Waals surface area contributed by atoms with E-state index in [4.69, 9.17) is 0 Å². The van der Waals surface area contributed by atoms with Gasteiger partial charge in [-0.3, -0.25) is 0 Å². The SMILES string of the molecule is Cc1cc(N(c2ccc(C(C)(C)C)cc2)c2cccc(C(C)(C)C)c2)c(Br)c(N(c2cccc(N(c3ccc(C(C)(C)C)cc3)c3ccc(C(C)(C)C)cc3)c2)c2ccc3c(c2)C(C)(C)c2ccccc2-3)c1. The third kappa shape index (κ3) is 9.80. The van der Waals surface area contributed by atoms with E-state index in [9.17, 15) is 0 Å². The lowest BCUT2D eigenvalue weighted by molar-refractivity contribution is 0.590. The molecule has 0 heterocycles. The summed E-state index contributed by atoms with van der Waals surface area (Å²) in [7, 11) is 0. The van der Waals surface area contributed by atoms with Crippen molar-refractivity contribution in [2.45, 2.75) is 131 Å². The van der Waals surface area contributed by atoms with Crippen LogP contribution in [0.4, 0.5) is 51.2 Å². The van der Waals surface area contributed by atoms with Crippen LogP contribution >= 0.6 is 15.9 Å². The molecule has 9 rings (SSSR count). The summed E-state index contributed by atoms with van der Waals surface area (Å²) in [5, 5.41) is 0. The summed E-state index contributed by atoms with van der Waals surface area (Å²) in [5.74, 6) is 0. The number of rotatable bonds is 9. The molecule has 72 heavy (non-hydrogen) atoms. The zero-order chi connectivity index (χ0) is 51.7. The van der Waals surface area contributed by atoms with E-state index in [0.717, 1.165) is 61.2 Å². The Morgan fingerprint density at radius 2 is 0.708 bits per heavy atom. The topological polar surface area (TPSA) is 9.72 Å². The monoisotopic (exact) mass is 1010 g/mol. The second-order valence-corrected chi connectivity index (χ2v) is 25.5. The number of anilines is 9. The lowest BCUT2D eigenvalue weighted by Gasteiger charge is -2.34. The van der Waals surface area contributed by atoms with Gasteiger partial charge in [-0.25, -0.2) is 0 Å². The van der Waals surface area contributed by atoms with Crippen molar-refractivity contribution in [2.24, 2.45) is 0 Å². The van der Waals surface area contributed by atoms with E-state index in [1.54, 1.807) is 0 Å². The second kappa shape index (κ2) is 18.6. The van der Waals surface area contributed by atoms with Crippen molar-refractivity contribution in [1.82, 2.24) is 0 Å². The van der Waals surface area contributed by atoms with Crippen LogP contribution < -0.4 is 14.7 Å². The molecule has 8 aromatic rings. The molecule has 0 aromatic heterocycles. The third-order valence-corrected chi connectivity index (χ3v) is 15.6. The summed E-state index contributed by atoms with van der Waals surface area (Å²) < 4.78 is 0.995. The Kier molecular flexibility index (Phi) is 13.1. The van der Waals surface area contributed by atoms with Crippen LogP contribution in [0, 0.1) is 6.92 Å². The van der Waals surface area contributed by atoms with Crippen LogP contribution in [-0.4, -0.2) is 0 Å². The Bertz CT molecular complexity index is 3200. The quantitative estimate of drug-likeness (QED) is 0.143. The highest BCUT2D eigenvalue weighted by molar-refractivity contribution is 9.10. The highest BCUT2D eigenvalue weighted by atomic mass is 79.9. The first-order valence-electron chi connectivity index (χ1n) is 25.8. The fourth-order valence-corrected chi connectivity index (χ4v) is 11.0. The van der Waals surface area contributed by atoms with Gasteiger partial charge in [0.2, 0.25) is 0 Å². The Labute approximate surface area is 440 Å². The molecule has 0 N–H and O–H groups in total. The summed E-state index contributed by atoms with van der Waals surface area (Å²) in [6.07, 6.45) is 0. The Balaban J connectivity index is 1.28. The first-order chi connectivity index (χ1) is 33.8. The Hall–Kier alpha value is -6.36. The highest BCUT2D eigenvalue weighted by Crippen LogP contribution is 2.53. The van der Waals surface area contributed by atoms with Gasteiger partial charge in [0.25, 0.3) is 0 Å². The van der Waals surface area contributed by atoms with Gasteiger partial charge in [-0.15, -0.1) is 0 Å². The maximum absolute atomic E-state index is 4.39. The highest BCUT2D eigenvalue weighted by Gasteiger charge is 2.36. The summed E-state index contributed by atoms with van der Waals surface area (Å²) in [6.45, 7) is 34.4. The average molecular weight is 1010 g/mol. The Morgan fingerprint density at radius 1 is 0.333 bits per heavy atom. The lowest BCUT2D eigenvalue weighted by Crippen LogP contribution is -2.18. The van der Waals surface area contributed by atoms with Crippen LogP contribution in [0.1, 0.15) is 136 Å². The zero-order valence-corrected chi connectivity index (χ0v) is 47.0. The molecule has 368 valence electrons. The van der Waals surface area contributed by atoms with Crippen LogP contribution in [0.2, 0.25) is 0 Å². The van der Waals surface area contributed by atoms with Gasteiger partial charge < -0.3 is 14.7 Å². The molecule has 1 aliphatic carbocycles. The maximum atomic E-state index is 4.39. The molecule has 0 amide bonds. The molecular weight excluding hydrogens is 939 g/mol. The van der Waals surface area contributed by atoms with Gasteiger partial charge in [-0.2, -0.15) is 0 Å². The molecule has 0 unspecified atom stereocenters. The number of halogens is 1. The largest absolute Gasteiger partial charge is 0.310 e. The Morgan fingerprint density at radius 3 is 1.19 bits per heavy atom. The van der Waals surface area contributed by atoms with Gasteiger partial charge in [0, 0.05) is 45.2 Å². The number of hydrogen-bond donors (Lipinski definition) is 0. The molecule has 1 aliphatic rings. The van der Waals surface area contributed by atoms with Crippen molar-refractivity contribution in [3.63, 3.8) is 0 Å². The minimum Gasteiger partial charge on any atom is -0.310 e. The molecule has 0 spiro atoms. The maximum Gasteiger partial charge on any atom is 0.0657 e. The summed E-state index contributed by atoms with van der Waals surface area (Å²) in [4.78, 5) is 7.31. The van der Waals surface area contributed by atoms with Crippen molar-refractivity contribution < 1.29 is 0 Å². The minimum atomic E-state index is -0.187. The van der Waals surface area contributed by atoms with Gasteiger partial charge in [0.05, 0.1) is 15.8 Å². The number of hydrogen-bond acceptors (Lipinski definition) is 3. The number of nitrogens with zero attached hydrogens (tertiary/aromatic N) is 3. The van der Waals surface area contributed by atoms with E-state index in [2.05, 4.69) is 310 Å². The number of benzene rings is 8. The lowest BCUT2D eigenvalue weighted by atomic mass is 9.82. The molecule has 0 aliphatic heterocycles.